The van der Waals surface area contributed by atoms with Crippen molar-refractivity contribution in [2.75, 3.05) is 0 Å². The average molecular weight is 376 g/mol. The lowest BCUT2D eigenvalue weighted by Crippen LogP contribution is -2.38. The Morgan fingerprint density at radius 2 is 1.88 bits per heavy atom. The quantitative estimate of drug-likeness (QED) is 0.201. The molecule has 136 valence electrons. The average Bonchev–Trinajstić information content (AvgIpc) is 2.85. The number of halogens is 1. The summed E-state index contributed by atoms with van der Waals surface area (Å²) in [6.07, 6.45) is 7.60. The van der Waals surface area contributed by atoms with Crippen LogP contribution in [0.3, 0.4) is 0 Å². The molecule has 4 aliphatic rings. The second-order valence-electron chi connectivity index (χ2n) is 7.62. The van der Waals surface area contributed by atoms with Crippen molar-refractivity contribution in [1.82, 2.24) is 0 Å². The highest BCUT2D eigenvalue weighted by Crippen LogP contribution is 2.82. The van der Waals surface area contributed by atoms with Crippen LogP contribution < -0.4 is 4.74 Å². The van der Waals surface area contributed by atoms with Crippen LogP contribution in [-0.4, -0.2) is 28.0 Å². The summed E-state index contributed by atoms with van der Waals surface area (Å²) < 4.78 is 11.6. The van der Waals surface area contributed by atoms with Crippen molar-refractivity contribution in [3.8, 4) is 5.75 Å². The second kappa shape index (κ2) is 5.30. The summed E-state index contributed by atoms with van der Waals surface area (Å²) >= 11 is 7.01. The highest BCUT2D eigenvalue weighted by atomic mass is 35.5. The highest BCUT2D eigenvalue weighted by Gasteiger charge is 2.89. The third-order valence-electron chi connectivity index (χ3n) is 6.67. The van der Waals surface area contributed by atoms with Gasteiger partial charge in [0.2, 0.25) is 0 Å². The van der Waals surface area contributed by atoms with Gasteiger partial charge in [-0.3, -0.25) is 14.9 Å². The Morgan fingerprint density at radius 1 is 1.19 bits per heavy atom. The standard InChI is InChI=1S/C19H18ClNO5/c20-19-14-4-2-1-3-13(18(14,19)15-9-10-16(19)26-15)17(22)25-12-7-5-11(6-8-12)21(23)24/h5-10,13-16H,1-4H2/t13?,14-,15+,16-,18?,19+/m0/s1. The van der Waals surface area contributed by atoms with Crippen molar-refractivity contribution in [1.29, 1.82) is 0 Å². The van der Waals surface area contributed by atoms with E-state index in [0.717, 1.165) is 25.7 Å². The summed E-state index contributed by atoms with van der Waals surface area (Å²) in [5, 5.41) is 10.8. The van der Waals surface area contributed by atoms with Crippen LogP contribution in [0.5, 0.6) is 5.75 Å². The Hall–Kier alpha value is -1.92. The molecular weight excluding hydrogens is 358 g/mol. The number of nitrogens with zero attached hydrogens (tertiary/aromatic N) is 1. The van der Waals surface area contributed by atoms with E-state index >= 15 is 0 Å². The molecule has 6 nitrogen and oxygen atoms in total. The molecule has 2 heterocycles. The monoisotopic (exact) mass is 375 g/mol. The number of rotatable bonds is 3. The summed E-state index contributed by atoms with van der Waals surface area (Å²) in [5.74, 6) is -0.0361. The molecule has 7 heteroatoms. The fraction of sp³-hybridized carbons (Fsp3) is 0.526. The predicted octanol–water partition coefficient (Wildman–Crippen LogP) is 3.62. The van der Waals surface area contributed by atoms with Gasteiger partial charge in [0.15, 0.2) is 0 Å². The van der Waals surface area contributed by atoms with Gasteiger partial charge in [-0.15, -0.1) is 11.6 Å². The van der Waals surface area contributed by atoms with E-state index in [4.69, 9.17) is 21.1 Å². The van der Waals surface area contributed by atoms with E-state index in [1.54, 1.807) is 0 Å². The molecule has 2 aliphatic heterocycles. The lowest BCUT2D eigenvalue weighted by molar-refractivity contribution is -0.384. The molecule has 0 aromatic heterocycles. The van der Waals surface area contributed by atoms with Crippen LogP contribution in [0.25, 0.3) is 0 Å². The van der Waals surface area contributed by atoms with Crippen molar-refractivity contribution in [3.05, 3.63) is 46.5 Å². The summed E-state index contributed by atoms with van der Waals surface area (Å²) in [6.45, 7) is 0. The van der Waals surface area contributed by atoms with Gasteiger partial charge in [0.05, 0.1) is 27.9 Å². The van der Waals surface area contributed by atoms with Crippen molar-refractivity contribution < 1.29 is 19.2 Å². The van der Waals surface area contributed by atoms with E-state index in [-0.39, 0.29) is 41.1 Å². The molecule has 0 radical (unpaired) electrons. The summed E-state index contributed by atoms with van der Waals surface area (Å²) in [5.41, 5.74) is -0.408. The fourth-order valence-corrected chi connectivity index (χ4v) is 6.37. The largest absolute Gasteiger partial charge is 0.426 e. The minimum Gasteiger partial charge on any atom is -0.426 e. The smallest absolute Gasteiger partial charge is 0.315 e. The number of alkyl halides is 1. The zero-order valence-electron chi connectivity index (χ0n) is 14.0. The van der Waals surface area contributed by atoms with Gasteiger partial charge in [0.1, 0.15) is 5.75 Å². The third-order valence-corrected chi connectivity index (χ3v) is 7.47. The molecule has 1 aromatic rings. The van der Waals surface area contributed by atoms with Gasteiger partial charge in [-0.25, -0.2) is 0 Å². The Labute approximate surface area is 155 Å². The van der Waals surface area contributed by atoms with Crippen molar-refractivity contribution >= 4 is 23.3 Å². The number of fused-ring (bicyclic) bond motifs is 4. The Balaban J connectivity index is 1.42. The van der Waals surface area contributed by atoms with Crippen molar-refractivity contribution in [2.24, 2.45) is 17.3 Å². The summed E-state index contributed by atoms with van der Waals surface area (Å²) in [4.78, 5) is 22.8. The van der Waals surface area contributed by atoms with Crippen LogP contribution in [0.2, 0.25) is 0 Å². The maximum atomic E-state index is 13.0. The molecule has 0 amide bonds. The number of hydrogen-bond donors (Lipinski definition) is 0. The second-order valence-corrected chi connectivity index (χ2v) is 8.25. The predicted molar refractivity (Wildman–Crippen MR) is 93.0 cm³/mol. The molecule has 3 fully saturated rings. The zero-order chi connectivity index (χ0) is 18.1. The number of esters is 1. The first kappa shape index (κ1) is 16.3. The van der Waals surface area contributed by atoms with Gasteiger partial charge in [-0.05, 0) is 30.9 Å². The molecule has 26 heavy (non-hydrogen) atoms. The van der Waals surface area contributed by atoms with Crippen LogP contribution in [0.4, 0.5) is 5.69 Å². The maximum Gasteiger partial charge on any atom is 0.315 e. The van der Waals surface area contributed by atoms with E-state index in [1.165, 1.54) is 24.3 Å². The van der Waals surface area contributed by atoms with Gasteiger partial charge < -0.3 is 9.47 Å². The van der Waals surface area contributed by atoms with Crippen molar-refractivity contribution in [2.45, 2.75) is 42.8 Å². The molecule has 2 bridgehead atoms. The zero-order valence-corrected chi connectivity index (χ0v) is 14.7. The van der Waals surface area contributed by atoms with Gasteiger partial charge >= 0.3 is 5.97 Å². The van der Waals surface area contributed by atoms with Crippen LogP contribution in [-0.2, 0) is 9.53 Å². The van der Waals surface area contributed by atoms with E-state index in [2.05, 4.69) is 0 Å². The highest BCUT2D eigenvalue weighted by molar-refractivity contribution is 6.29. The maximum absolute atomic E-state index is 13.0. The minimum absolute atomic E-state index is 0.0356. The van der Waals surface area contributed by atoms with E-state index < -0.39 is 9.80 Å². The van der Waals surface area contributed by atoms with Crippen molar-refractivity contribution in [3.63, 3.8) is 0 Å². The van der Waals surface area contributed by atoms with E-state index in [1.807, 2.05) is 12.2 Å². The number of carbonyl (C=O) groups excluding carboxylic acids is 1. The van der Waals surface area contributed by atoms with Crippen LogP contribution in [0, 0.1) is 27.4 Å². The van der Waals surface area contributed by atoms with Crippen LogP contribution >= 0.6 is 11.6 Å². The lowest BCUT2D eigenvalue weighted by Gasteiger charge is -2.28. The molecule has 5 rings (SSSR count). The fourth-order valence-electron chi connectivity index (χ4n) is 5.64. The molecule has 2 aliphatic carbocycles. The van der Waals surface area contributed by atoms with Gasteiger partial charge in [-0.2, -0.15) is 0 Å². The third kappa shape index (κ3) is 1.84. The SMILES string of the molecule is O=C(Oc1ccc([N+](=O)[O-])cc1)C1CCCC[C@H]2C13[C@H]1C=C[C@H](O1)[C@]23Cl. The Kier molecular flexibility index (Phi) is 3.32. The van der Waals surface area contributed by atoms with Gasteiger partial charge in [-0.1, -0.05) is 25.0 Å². The number of nitro groups is 1. The summed E-state index contributed by atoms with van der Waals surface area (Å²) in [7, 11) is 0. The van der Waals surface area contributed by atoms with Gasteiger partial charge in [0, 0.05) is 17.5 Å². The number of hydrogen-bond acceptors (Lipinski definition) is 5. The first-order valence-corrected chi connectivity index (χ1v) is 9.36. The molecule has 1 saturated heterocycles. The number of carbonyl (C=O) groups is 1. The first-order chi connectivity index (χ1) is 12.5. The topological polar surface area (TPSA) is 78.7 Å². The summed E-state index contributed by atoms with van der Waals surface area (Å²) in [6, 6.07) is 5.59. The van der Waals surface area contributed by atoms with Crippen LogP contribution in [0.1, 0.15) is 25.7 Å². The molecule has 2 saturated carbocycles. The Bertz CT molecular complexity index is 824. The van der Waals surface area contributed by atoms with Gasteiger partial charge in [0.25, 0.3) is 5.69 Å². The number of nitro benzene ring substituents is 1. The first-order valence-electron chi connectivity index (χ1n) is 8.98. The number of benzene rings is 1. The van der Waals surface area contributed by atoms with E-state index in [0.29, 0.717) is 5.75 Å². The lowest BCUT2D eigenvalue weighted by atomic mass is 9.77. The normalized spacial score (nSPS) is 41.9. The van der Waals surface area contributed by atoms with Crippen LogP contribution in [0.15, 0.2) is 36.4 Å². The van der Waals surface area contributed by atoms with E-state index in [9.17, 15) is 14.9 Å². The molecule has 2 unspecified atom stereocenters. The minimum atomic E-state index is -0.494. The Morgan fingerprint density at radius 3 is 2.62 bits per heavy atom. The molecule has 0 N–H and O–H groups in total. The molecule has 1 spiro atoms. The molecular formula is C19H18ClNO5. The molecule has 1 aromatic carbocycles. The number of non-ortho nitro benzene ring substituents is 1. The number of ether oxygens (including phenoxy) is 2. The molecule has 6 atom stereocenters.